The lowest BCUT2D eigenvalue weighted by molar-refractivity contribution is 0.0490. The Balaban J connectivity index is 1.88. The van der Waals surface area contributed by atoms with Crippen molar-refractivity contribution >= 4 is 16.9 Å². The van der Waals surface area contributed by atoms with E-state index in [0.717, 1.165) is 10.9 Å². The molecule has 5 heteroatoms. The number of fused-ring (bicyclic) bond motifs is 1. The molecule has 3 aromatic rings. The summed E-state index contributed by atoms with van der Waals surface area (Å²) in [6.07, 6.45) is 0. The maximum absolute atomic E-state index is 13.9. The Kier molecular flexibility index (Phi) is 5.14. The Bertz CT molecular complexity index is 888. The van der Waals surface area contributed by atoms with E-state index in [4.69, 9.17) is 9.15 Å². The summed E-state index contributed by atoms with van der Waals surface area (Å²) in [6.45, 7) is 4.26. The van der Waals surface area contributed by atoms with Crippen LogP contribution < -0.4 is 5.32 Å². The Labute approximate surface area is 145 Å². The summed E-state index contributed by atoms with van der Waals surface area (Å²) >= 11 is 0. The molecule has 4 nitrogen and oxygen atoms in total. The quantitative estimate of drug-likeness (QED) is 0.666. The molecule has 0 spiro atoms. The zero-order chi connectivity index (χ0) is 17.8. The van der Waals surface area contributed by atoms with Crippen LogP contribution in [0.1, 0.15) is 41.6 Å². The van der Waals surface area contributed by atoms with E-state index >= 15 is 0 Å². The van der Waals surface area contributed by atoms with Crippen LogP contribution in [0.25, 0.3) is 11.0 Å². The van der Waals surface area contributed by atoms with E-state index in [1.165, 1.54) is 6.07 Å². The molecule has 0 aliphatic carbocycles. The molecule has 3 rings (SSSR count). The van der Waals surface area contributed by atoms with Gasteiger partial charge >= 0.3 is 5.97 Å². The summed E-state index contributed by atoms with van der Waals surface area (Å²) in [7, 11) is 0. The smallest absolute Gasteiger partial charge is 0.374 e. The fourth-order valence-electron chi connectivity index (χ4n) is 2.83. The average Bonchev–Trinajstić information content (AvgIpc) is 2.99. The summed E-state index contributed by atoms with van der Waals surface area (Å²) in [5, 5.41) is 4.11. The van der Waals surface area contributed by atoms with Crippen LogP contribution in [0.4, 0.5) is 4.39 Å². The Morgan fingerprint density at radius 1 is 1.20 bits per heavy atom. The van der Waals surface area contributed by atoms with Gasteiger partial charge in [-0.15, -0.1) is 0 Å². The van der Waals surface area contributed by atoms with Gasteiger partial charge < -0.3 is 14.5 Å². The van der Waals surface area contributed by atoms with Crippen molar-refractivity contribution in [2.24, 2.45) is 0 Å². The number of nitrogens with one attached hydrogen (secondary N) is 1. The van der Waals surface area contributed by atoms with Gasteiger partial charge in [0.1, 0.15) is 11.4 Å². The third kappa shape index (κ3) is 3.56. The number of benzene rings is 2. The highest BCUT2D eigenvalue weighted by atomic mass is 19.1. The van der Waals surface area contributed by atoms with E-state index in [2.05, 4.69) is 5.32 Å². The molecule has 1 heterocycles. The third-order valence-electron chi connectivity index (χ3n) is 4.12. The number of furan rings is 1. The van der Waals surface area contributed by atoms with Gasteiger partial charge in [-0.1, -0.05) is 36.4 Å². The van der Waals surface area contributed by atoms with Crippen molar-refractivity contribution in [3.63, 3.8) is 0 Å². The van der Waals surface area contributed by atoms with Crippen LogP contribution in [-0.2, 0) is 11.3 Å². The molecule has 0 saturated carbocycles. The molecule has 2 aromatic carbocycles. The summed E-state index contributed by atoms with van der Waals surface area (Å²) < 4.78 is 24.7. The zero-order valence-corrected chi connectivity index (χ0v) is 14.2. The first-order valence-corrected chi connectivity index (χ1v) is 8.27. The standard InChI is InChI=1S/C20H20FNO3/c1-3-24-20(23)19-16(15-9-5-7-11-18(15)25-19)12-22-13(2)14-8-4-6-10-17(14)21/h4-11,13,22H,3,12H2,1-2H3. The second-order valence-corrected chi connectivity index (χ2v) is 5.75. The number of hydrogen-bond donors (Lipinski definition) is 1. The second kappa shape index (κ2) is 7.49. The van der Waals surface area contributed by atoms with E-state index in [9.17, 15) is 9.18 Å². The summed E-state index contributed by atoms with van der Waals surface area (Å²) in [5.41, 5.74) is 1.92. The Morgan fingerprint density at radius 2 is 1.92 bits per heavy atom. The molecule has 25 heavy (non-hydrogen) atoms. The van der Waals surface area contributed by atoms with Crippen LogP contribution in [0.5, 0.6) is 0 Å². The fraction of sp³-hybridized carbons (Fsp3) is 0.250. The Hall–Kier alpha value is -2.66. The van der Waals surface area contributed by atoms with E-state index in [-0.39, 0.29) is 24.2 Å². The van der Waals surface area contributed by atoms with Gasteiger partial charge in [0.15, 0.2) is 0 Å². The van der Waals surface area contributed by atoms with Gasteiger partial charge in [0, 0.05) is 29.1 Å². The van der Waals surface area contributed by atoms with Gasteiger partial charge in [-0.3, -0.25) is 0 Å². The van der Waals surface area contributed by atoms with Gasteiger partial charge in [-0.05, 0) is 26.0 Å². The van der Waals surface area contributed by atoms with Crippen molar-refractivity contribution in [1.82, 2.24) is 5.32 Å². The zero-order valence-electron chi connectivity index (χ0n) is 14.2. The predicted octanol–water partition coefficient (Wildman–Crippen LogP) is 4.60. The molecule has 1 N–H and O–H groups in total. The van der Waals surface area contributed by atoms with Crippen LogP contribution in [0.15, 0.2) is 52.9 Å². The summed E-state index contributed by atoms with van der Waals surface area (Å²) in [5.74, 6) is -0.560. The lowest BCUT2D eigenvalue weighted by Crippen LogP contribution is -2.20. The van der Waals surface area contributed by atoms with Gasteiger partial charge in [-0.2, -0.15) is 0 Å². The van der Waals surface area contributed by atoms with Gasteiger partial charge in [-0.25, -0.2) is 9.18 Å². The number of carbonyl (C=O) groups is 1. The molecular formula is C20H20FNO3. The van der Waals surface area contributed by atoms with Crippen molar-refractivity contribution in [2.75, 3.05) is 6.61 Å². The molecule has 130 valence electrons. The lowest BCUT2D eigenvalue weighted by Gasteiger charge is -2.15. The van der Waals surface area contributed by atoms with E-state index in [1.807, 2.05) is 31.2 Å². The van der Waals surface area contributed by atoms with Gasteiger partial charge in [0.05, 0.1) is 6.61 Å². The molecule has 0 amide bonds. The number of carbonyl (C=O) groups excluding carboxylic acids is 1. The molecule has 0 saturated heterocycles. The normalized spacial score (nSPS) is 12.3. The highest BCUT2D eigenvalue weighted by Crippen LogP contribution is 2.27. The molecule has 1 unspecified atom stereocenters. The van der Waals surface area contributed by atoms with Crippen molar-refractivity contribution in [1.29, 1.82) is 0 Å². The topological polar surface area (TPSA) is 51.5 Å². The summed E-state index contributed by atoms with van der Waals surface area (Å²) in [6, 6.07) is 13.9. The Morgan fingerprint density at radius 3 is 2.68 bits per heavy atom. The van der Waals surface area contributed by atoms with Crippen LogP contribution >= 0.6 is 0 Å². The van der Waals surface area contributed by atoms with Crippen molar-refractivity contribution < 1.29 is 18.3 Å². The van der Waals surface area contributed by atoms with Gasteiger partial charge in [0.25, 0.3) is 0 Å². The molecular weight excluding hydrogens is 321 g/mol. The van der Waals surface area contributed by atoms with E-state index in [1.54, 1.807) is 25.1 Å². The SMILES string of the molecule is CCOC(=O)c1oc2ccccc2c1CNC(C)c1ccccc1F. The highest BCUT2D eigenvalue weighted by molar-refractivity contribution is 5.96. The van der Waals surface area contributed by atoms with Crippen LogP contribution in [0.2, 0.25) is 0 Å². The lowest BCUT2D eigenvalue weighted by atomic mass is 10.1. The largest absolute Gasteiger partial charge is 0.460 e. The molecule has 1 atom stereocenters. The fourth-order valence-corrected chi connectivity index (χ4v) is 2.83. The van der Waals surface area contributed by atoms with Crippen LogP contribution in [0.3, 0.4) is 0 Å². The predicted molar refractivity (Wildman–Crippen MR) is 93.8 cm³/mol. The van der Waals surface area contributed by atoms with Crippen molar-refractivity contribution in [3.05, 3.63) is 71.2 Å². The number of ether oxygens (including phenoxy) is 1. The maximum Gasteiger partial charge on any atom is 0.374 e. The first-order valence-electron chi connectivity index (χ1n) is 8.27. The first-order chi connectivity index (χ1) is 12.1. The molecule has 0 radical (unpaired) electrons. The second-order valence-electron chi connectivity index (χ2n) is 5.75. The van der Waals surface area contributed by atoms with Crippen molar-refractivity contribution in [2.45, 2.75) is 26.4 Å². The van der Waals surface area contributed by atoms with Crippen LogP contribution in [0, 0.1) is 5.82 Å². The average molecular weight is 341 g/mol. The molecule has 0 bridgehead atoms. The van der Waals surface area contributed by atoms with E-state index < -0.39 is 5.97 Å². The van der Waals surface area contributed by atoms with E-state index in [0.29, 0.717) is 17.7 Å². The number of hydrogen-bond acceptors (Lipinski definition) is 4. The van der Waals surface area contributed by atoms with Gasteiger partial charge in [0.2, 0.25) is 5.76 Å². The molecule has 0 aliphatic rings. The monoisotopic (exact) mass is 341 g/mol. The highest BCUT2D eigenvalue weighted by Gasteiger charge is 2.22. The number of para-hydroxylation sites is 1. The first kappa shape index (κ1) is 17.2. The third-order valence-corrected chi connectivity index (χ3v) is 4.12. The molecule has 1 aromatic heterocycles. The minimum absolute atomic E-state index is 0.191. The molecule has 0 fully saturated rings. The number of esters is 1. The molecule has 0 aliphatic heterocycles. The summed E-state index contributed by atoms with van der Waals surface area (Å²) in [4.78, 5) is 12.2. The van der Waals surface area contributed by atoms with Crippen molar-refractivity contribution in [3.8, 4) is 0 Å². The maximum atomic E-state index is 13.9. The van der Waals surface area contributed by atoms with Crippen LogP contribution in [-0.4, -0.2) is 12.6 Å². The minimum Gasteiger partial charge on any atom is -0.460 e. The number of halogens is 1. The minimum atomic E-state index is -0.492. The number of rotatable bonds is 6.